The maximum absolute atomic E-state index is 12.7. The van der Waals surface area contributed by atoms with Crippen LogP contribution in [0.1, 0.15) is 44.1 Å². The molecular weight excluding hydrogens is 302 g/mol. The fourth-order valence-electron chi connectivity index (χ4n) is 3.19. The van der Waals surface area contributed by atoms with Gasteiger partial charge in [-0.05, 0) is 44.2 Å². The van der Waals surface area contributed by atoms with E-state index in [1.807, 2.05) is 30.3 Å². The van der Waals surface area contributed by atoms with E-state index in [2.05, 4.69) is 10.6 Å². The molecule has 1 aromatic carbocycles. The second kappa shape index (κ2) is 9.42. The molecule has 0 aromatic heterocycles. The highest BCUT2D eigenvalue weighted by Gasteiger charge is 2.47. The molecule has 0 spiro atoms. The predicted octanol–water partition coefficient (Wildman–Crippen LogP) is 1.92. The number of nitrogens with two attached hydrogens (primary N) is 1. The Morgan fingerprint density at radius 2 is 1.83 bits per heavy atom. The van der Waals surface area contributed by atoms with Crippen molar-refractivity contribution < 1.29 is 9.59 Å². The van der Waals surface area contributed by atoms with E-state index in [1.165, 1.54) is 5.56 Å². The minimum atomic E-state index is -0.907. The second-order valence-electron chi connectivity index (χ2n) is 6.39. The lowest BCUT2D eigenvalue weighted by atomic mass is 9.83. The zero-order valence-electron chi connectivity index (χ0n) is 14.2. The Morgan fingerprint density at radius 1 is 1.12 bits per heavy atom. The lowest BCUT2D eigenvalue weighted by Crippen LogP contribution is -2.49. The van der Waals surface area contributed by atoms with Crippen LogP contribution in [0.25, 0.3) is 0 Å². The van der Waals surface area contributed by atoms with Crippen LogP contribution in [0, 0.1) is 12.0 Å². The van der Waals surface area contributed by atoms with Gasteiger partial charge in [0.1, 0.15) is 5.41 Å². The van der Waals surface area contributed by atoms with E-state index in [9.17, 15) is 9.59 Å². The third-order valence-corrected chi connectivity index (χ3v) is 4.65. The summed E-state index contributed by atoms with van der Waals surface area (Å²) < 4.78 is 0. The number of carbonyl (C=O) groups excluding carboxylic acids is 2. The van der Waals surface area contributed by atoms with E-state index >= 15 is 0 Å². The molecule has 0 atom stereocenters. The molecule has 0 saturated heterocycles. The Balaban J connectivity index is 1.86. The molecule has 2 amide bonds. The molecule has 131 valence electrons. The van der Waals surface area contributed by atoms with Gasteiger partial charge in [-0.3, -0.25) is 9.59 Å². The van der Waals surface area contributed by atoms with Crippen LogP contribution in [-0.2, 0) is 16.0 Å². The zero-order valence-corrected chi connectivity index (χ0v) is 14.2. The van der Waals surface area contributed by atoms with Crippen LogP contribution < -0.4 is 16.4 Å². The van der Waals surface area contributed by atoms with Gasteiger partial charge in [-0.25, -0.2) is 0 Å². The Hall–Kier alpha value is -1.88. The minimum Gasteiger partial charge on any atom is -0.355 e. The average Bonchev–Trinajstić information content (AvgIpc) is 3.10. The first-order valence-corrected chi connectivity index (χ1v) is 8.84. The van der Waals surface area contributed by atoms with Crippen LogP contribution in [-0.4, -0.2) is 24.9 Å². The van der Waals surface area contributed by atoms with Crippen molar-refractivity contribution in [2.75, 3.05) is 13.1 Å². The maximum Gasteiger partial charge on any atom is 0.235 e. The standard InChI is InChI=1S/C19H28N3O2/c20-13-6-7-14-21-17(23)19(11-4-5-12-19)18(24)22-15-10-16-8-2-1-3-9-16/h1-3,8-9,14H,4-7,10-13,15,20H2,(H,21,23)(H,22,24). The first-order valence-electron chi connectivity index (χ1n) is 8.84. The van der Waals surface area contributed by atoms with E-state index in [1.54, 1.807) is 6.54 Å². The van der Waals surface area contributed by atoms with Crippen LogP contribution in [0.4, 0.5) is 0 Å². The molecule has 1 aromatic rings. The van der Waals surface area contributed by atoms with Gasteiger partial charge in [0.25, 0.3) is 0 Å². The molecule has 1 fully saturated rings. The molecule has 1 radical (unpaired) electrons. The van der Waals surface area contributed by atoms with Crippen molar-refractivity contribution in [3.05, 3.63) is 42.4 Å². The number of rotatable bonds is 9. The SMILES string of the molecule is NCCC[CH]NC(=O)C1(C(=O)NCCc2ccccc2)CCCC1. The maximum atomic E-state index is 12.7. The van der Waals surface area contributed by atoms with Gasteiger partial charge in [0.05, 0.1) is 0 Å². The van der Waals surface area contributed by atoms with Gasteiger partial charge < -0.3 is 16.4 Å². The second-order valence-corrected chi connectivity index (χ2v) is 6.39. The summed E-state index contributed by atoms with van der Waals surface area (Å²) in [4.78, 5) is 25.3. The third kappa shape index (κ3) is 4.81. The van der Waals surface area contributed by atoms with Gasteiger partial charge in [0.15, 0.2) is 0 Å². The number of hydrogen-bond acceptors (Lipinski definition) is 3. The number of hydrogen-bond donors (Lipinski definition) is 3. The minimum absolute atomic E-state index is 0.138. The highest BCUT2D eigenvalue weighted by Crippen LogP contribution is 2.38. The highest BCUT2D eigenvalue weighted by atomic mass is 16.2. The summed E-state index contributed by atoms with van der Waals surface area (Å²) in [5.41, 5.74) is 5.72. The number of benzene rings is 1. The molecule has 5 heteroatoms. The fourth-order valence-corrected chi connectivity index (χ4v) is 3.19. The summed E-state index contributed by atoms with van der Waals surface area (Å²) in [5, 5.41) is 5.77. The first kappa shape index (κ1) is 18.5. The fraction of sp³-hybridized carbons (Fsp3) is 0.526. The quantitative estimate of drug-likeness (QED) is 0.478. The largest absolute Gasteiger partial charge is 0.355 e. The smallest absolute Gasteiger partial charge is 0.235 e. The molecule has 1 aliphatic carbocycles. The monoisotopic (exact) mass is 330 g/mol. The van der Waals surface area contributed by atoms with E-state index in [-0.39, 0.29) is 11.8 Å². The van der Waals surface area contributed by atoms with Gasteiger partial charge in [0, 0.05) is 13.1 Å². The third-order valence-electron chi connectivity index (χ3n) is 4.65. The van der Waals surface area contributed by atoms with Crippen LogP contribution >= 0.6 is 0 Å². The Bertz CT molecular complexity index is 525. The molecule has 5 nitrogen and oxygen atoms in total. The van der Waals surface area contributed by atoms with Crippen molar-refractivity contribution in [1.82, 2.24) is 10.6 Å². The Labute approximate surface area is 144 Å². The van der Waals surface area contributed by atoms with Crippen LogP contribution in [0.5, 0.6) is 0 Å². The van der Waals surface area contributed by atoms with Gasteiger partial charge in [-0.2, -0.15) is 0 Å². The predicted molar refractivity (Wildman–Crippen MR) is 94.8 cm³/mol. The van der Waals surface area contributed by atoms with Gasteiger partial charge >= 0.3 is 0 Å². The van der Waals surface area contributed by atoms with E-state index in [4.69, 9.17) is 5.73 Å². The van der Waals surface area contributed by atoms with E-state index < -0.39 is 5.41 Å². The lowest BCUT2D eigenvalue weighted by molar-refractivity contribution is -0.142. The highest BCUT2D eigenvalue weighted by molar-refractivity contribution is 6.05. The number of unbranched alkanes of at least 4 members (excludes halogenated alkanes) is 1. The summed E-state index contributed by atoms with van der Waals surface area (Å²) in [6, 6.07) is 10.0. The first-order chi connectivity index (χ1) is 11.7. The topological polar surface area (TPSA) is 84.2 Å². The van der Waals surface area contributed by atoms with Crippen molar-refractivity contribution >= 4 is 11.8 Å². The Kier molecular flexibility index (Phi) is 7.25. The van der Waals surface area contributed by atoms with Crippen molar-refractivity contribution in [2.24, 2.45) is 11.1 Å². The van der Waals surface area contributed by atoms with Crippen molar-refractivity contribution in [2.45, 2.75) is 44.9 Å². The normalized spacial score (nSPS) is 15.9. The zero-order chi connectivity index (χ0) is 17.3. The van der Waals surface area contributed by atoms with E-state index in [0.29, 0.717) is 25.9 Å². The van der Waals surface area contributed by atoms with Crippen LogP contribution in [0.15, 0.2) is 30.3 Å². The summed E-state index contributed by atoms with van der Waals surface area (Å²) >= 11 is 0. The molecule has 1 saturated carbocycles. The van der Waals surface area contributed by atoms with Gasteiger partial charge in [-0.15, -0.1) is 0 Å². The Morgan fingerprint density at radius 3 is 2.50 bits per heavy atom. The van der Waals surface area contributed by atoms with Crippen LogP contribution in [0.3, 0.4) is 0 Å². The molecule has 24 heavy (non-hydrogen) atoms. The lowest BCUT2D eigenvalue weighted by Gasteiger charge is -2.26. The van der Waals surface area contributed by atoms with Crippen molar-refractivity contribution in [3.8, 4) is 0 Å². The summed E-state index contributed by atoms with van der Waals surface area (Å²) in [5.74, 6) is -0.310. The summed E-state index contributed by atoms with van der Waals surface area (Å²) in [6.07, 6.45) is 5.42. The van der Waals surface area contributed by atoms with Crippen molar-refractivity contribution in [3.63, 3.8) is 0 Å². The number of carbonyl (C=O) groups is 2. The molecule has 1 aliphatic rings. The molecule has 0 aliphatic heterocycles. The molecular formula is C19H28N3O2. The number of nitrogens with one attached hydrogen (secondary N) is 2. The van der Waals surface area contributed by atoms with Gasteiger partial charge in [-0.1, -0.05) is 43.2 Å². The number of amides is 2. The van der Waals surface area contributed by atoms with Gasteiger partial charge in [0.2, 0.25) is 11.8 Å². The summed E-state index contributed by atoms with van der Waals surface area (Å²) in [6.45, 7) is 2.87. The molecule has 0 unspecified atom stereocenters. The van der Waals surface area contributed by atoms with Crippen LogP contribution in [0.2, 0.25) is 0 Å². The summed E-state index contributed by atoms with van der Waals surface area (Å²) in [7, 11) is 0. The molecule has 0 heterocycles. The van der Waals surface area contributed by atoms with Crippen molar-refractivity contribution in [1.29, 1.82) is 0 Å². The molecule has 2 rings (SSSR count). The molecule has 0 bridgehead atoms. The molecule has 4 N–H and O–H groups in total. The average molecular weight is 330 g/mol. The van der Waals surface area contributed by atoms with E-state index in [0.717, 1.165) is 32.1 Å².